The van der Waals surface area contributed by atoms with Gasteiger partial charge in [0.2, 0.25) is 5.91 Å². The number of carbonyl (C=O) groups is 1. The Morgan fingerprint density at radius 2 is 1.55 bits per heavy atom. The van der Waals surface area contributed by atoms with Crippen molar-refractivity contribution in [3.8, 4) is 5.75 Å². The largest absolute Gasteiger partial charge is 0.489 e. The number of benzene rings is 3. The predicted octanol–water partition coefficient (Wildman–Crippen LogP) is 6.37. The zero-order valence-electron chi connectivity index (χ0n) is 16.2. The molecule has 0 saturated heterocycles. The third kappa shape index (κ3) is 4.46. The van der Waals surface area contributed by atoms with Crippen LogP contribution in [0.1, 0.15) is 36.8 Å². The molecule has 1 amide bonds. The van der Waals surface area contributed by atoms with Crippen LogP contribution in [0, 0.1) is 0 Å². The molecule has 3 aromatic carbocycles. The van der Waals surface area contributed by atoms with Crippen molar-refractivity contribution in [2.75, 3.05) is 5.32 Å². The van der Waals surface area contributed by atoms with Crippen LogP contribution in [0.15, 0.2) is 78.9 Å². The fourth-order valence-electron chi connectivity index (χ4n) is 4.02. The second kappa shape index (κ2) is 8.71. The Balaban J connectivity index is 1.43. The second-order valence-corrected chi connectivity index (χ2v) is 7.99. The molecule has 1 fully saturated rings. The van der Waals surface area contributed by atoms with Gasteiger partial charge in [-0.15, -0.1) is 0 Å². The van der Waals surface area contributed by atoms with Gasteiger partial charge in [0.15, 0.2) is 0 Å². The van der Waals surface area contributed by atoms with Crippen LogP contribution in [0.4, 0.5) is 5.69 Å². The molecule has 0 heterocycles. The molecule has 3 nitrogen and oxygen atoms in total. The van der Waals surface area contributed by atoms with Crippen LogP contribution >= 0.6 is 11.6 Å². The van der Waals surface area contributed by atoms with Gasteiger partial charge in [-0.05, 0) is 60.4 Å². The number of nitrogens with one attached hydrogen (secondary N) is 1. The lowest BCUT2D eigenvalue weighted by Gasteiger charge is -2.28. The van der Waals surface area contributed by atoms with E-state index in [0.29, 0.717) is 11.6 Å². The Bertz CT molecular complexity index is 946. The van der Waals surface area contributed by atoms with Gasteiger partial charge in [-0.2, -0.15) is 0 Å². The molecule has 4 heteroatoms. The molecule has 4 rings (SSSR count). The monoisotopic (exact) mass is 405 g/mol. The number of hydrogen-bond acceptors (Lipinski definition) is 2. The lowest BCUT2D eigenvalue weighted by molar-refractivity contribution is -0.121. The topological polar surface area (TPSA) is 38.3 Å². The van der Waals surface area contributed by atoms with E-state index >= 15 is 0 Å². The van der Waals surface area contributed by atoms with Crippen molar-refractivity contribution in [3.05, 3.63) is 95.0 Å². The van der Waals surface area contributed by atoms with Gasteiger partial charge in [-0.1, -0.05) is 66.9 Å². The van der Waals surface area contributed by atoms with E-state index in [0.717, 1.165) is 48.2 Å². The first kappa shape index (κ1) is 19.5. The van der Waals surface area contributed by atoms with E-state index in [-0.39, 0.29) is 5.91 Å². The summed E-state index contributed by atoms with van der Waals surface area (Å²) in [7, 11) is 0. The maximum atomic E-state index is 13.2. The van der Waals surface area contributed by atoms with Crippen LogP contribution in [-0.2, 0) is 16.8 Å². The van der Waals surface area contributed by atoms with Crippen LogP contribution in [0.2, 0.25) is 5.02 Å². The van der Waals surface area contributed by atoms with Crippen LogP contribution in [0.3, 0.4) is 0 Å². The molecule has 1 aliphatic carbocycles. The minimum atomic E-state index is -0.479. The highest BCUT2D eigenvalue weighted by atomic mass is 35.5. The van der Waals surface area contributed by atoms with Gasteiger partial charge >= 0.3 is 0 Å². The number of amides is 1. The summed E-state index contributed by atoms with van der Waals surface area (Å²) in [4.78, 5) is 13.2. The summed E-state index contributed by atoms with van der Waals surface area (Å²) >= 11 is 6.04. The Morgan fingerprint density at radius 3 is 2.21 bits per heavy atom. The van der Waals surface area contributed by atoms with E-state index in [4.69, 9.17) is 16.3 Å². The van der Waals surface area contributed by atoms with E-state index in [9.17, 15) is 4.79 Å². The molecule has 1 saturated carbocycles. The molecule has 1 N–H and O–H groups in total. The molecule has 0 bridgehead atoms. The van der Waals surface area contributed by atoms with Crippen molar-refractivity contribution < 1.29 is 9.53 Å². The molecule has 3 aromatic rings. The van der Waals surface area contributed by atoms with Gasteiger partial charge in [0.1, 0.15) is 12.4 Å². The highest BCUT2D eigenvalue weighted by molar-refractivity contribution is 6.30. The quantitative estimate of drug-likeness (QED) is 0.517. The van der Waals surface area contributed by atoms with Crippen LogP contribution in [-0.4, -0.2) is 5.91 Å². The van der Waals surface area contributed by atoms with Crippen LogP contribution in [0.25, 0.3) is 0 Å². The van der Waals surface area contributed by atoms with Gasteiger partial charge in [0.25, 0.3) is 0 Å². The second-order valence-electron chi connectivity index (χ2n) is 7.55. The standard InChI is InChI=1S/C25H24ClNO2/c26-21-10-8-20(9-11-21)25(16-4-5-17-25)24(28)27-22-12-14-23(15-13-22)29-18-19-6-2-1-3-7-19/h1-3,6-15H,4-5,16-18H2,(H,27,28). The minimum Gasteiger partial charge on any atom is -0.489 e. The highest BCUT2D eigenvalue weighted by Gasteiger charge is 2.42. The van der Waals surface area contributed by atoms with Crippen molar-refractivity contribution in [1.29, 1.82) is 0 Å². The average molecular weight is 406 g/mol. The van der Waals surface area contributed by atoms with Gasteiger partial charge < -0.3 is 10.1 Å². The molecule has 29 heavy (non-hydrogen) atoms. The summed E-state index contributed by atoms with van der Waals surface area (Å²) in [6.45, 7) is 0.520. The normalized spacial score (nSPS) is 15.1. The molecule has 148 valence electrons. The van der Waals surface area contributed by atoms with Gasteiger partial charge in [0.05, 0.1) is 5.41 Å². The summed E-state index contributed by atoms with van der Waals surface area (Å²) in [5.74, 6) is 0.829. The summed E-state index contributed by atoms with van der Waals surface area (Å²) in [5, 5.41) is 3.80. The first-order valence-corrected chi connectivity index (χ1v) is 10.4. The summed E-state index contributed by atoms with van der Waals surface area (Å²) in [6, 6.07) is 25.3. The van der Waals surface area contributed by atoms with Crippen molar-refractivity contribution in [2.45, 2.75) is 37.7 Å². The molecular weight excluding hydrogens is 382 g/mol. The SMILES string of the molecule is O=C(Nc1ccc(OCc2ccccc2)cc1)C1(c2ccc(Cl)cc2)CCCC1. The van der Waals surface area contributed by atoms with Crippen LogP contribution < -0.4 is 10.1 Å². The summed E-state index contributed by atoms with van der Waals surface area (Å²) in [6.07, 6.45) is 3.84. The van der Waals surface area contributed by atoms with Crippen molar-refractivity contribution in [1.82, 2.24) is 0 Å². The number of carbonyl (C=O) groups excluding carboxylic acids is 1. The lowest BCUT2D eigenvalue weighted by Crippen LogP contribution is -2.37. The maximum Gasteiger partial charge on any atom is 0.235 e. The average Bonchev–Trinajstić information content (AvgIpc) is 3.26. The number of halogens is 1. The summed E-state index contributed by atoms with van der Waals surface area (Å²) < 4.78 is 5.83. The van der Waals surface area contributed by atoms with E-state index in [2.05, 4.69) is 5.32 Å². The van der Waals surface area contributed by atoms with Crippen LogP contribution in [0.5, 0.6) is 5.75 Å². The van der Waals surface area contributed by atoms with Crippen molar-refractivity contribution in [3.63, 3.8) is 0 Å². The molecular formula is C25H24ClNO2. The Hall–Kier alpha value is -2.78. The van der Waals surface area contributed by atoms with E-state index in [1.807, 2.05) is 78.9 Å². The molecule has 0 aliphatic heterocycles. The molecule has 0 radical (unpaired) electrons. The molecule has 0 unspecified atom stereocenters. The fraction of sp³-hybridized carbons (Fsp3) is 0.240. The smallest absolute Gasteiger partial charge is 0.235 e. The van der Waals surface area contributed by atoms with Crippen molar-refractivity contribution in [2.24, 2.45) is 0 Å². The van der Waals surface area contributed by atoms with Gasteiger partial charge in [-0.25, -0.2) is 0 Å². The molecule has 0 atom stereocenters. The predicted molar refractivity (Wildman–Crippen MR) is 117 cm³/mol. The van der Waals surface area contributed by atoms with Gasteiger partial charge in [-0.3, -0.25) is 4.79 Å². The molecule has 0 aromatic heterocycles. The zero-order chi connectivity index (χ0) is 20.1. The fourth-order valence-corrected chi connectivity index (χ4v) is 4.15. The minimum absolute atomic E-state index is 0.0512. The third-order valence-corrected chi connectivity index (χ3v) is 5.90. The van der Waals surface area contributed by atoms with E-state index in [1.54, 1.807) is 0 Å². The first-order chi connectivity index (χ1) is 14.2. The molecule has 1 aliphatic rings. The number of hydrogen-bond donors (Lipinski definition) is 1. The Kier molecular flexibility index (Phi) is 5.86. The first-order valence-electron chi connectivity index (χ1n) is 10.00. The maximum absolute atomic E-state index is 13.2. The molecule has 0 spiro atoms. The number of ether oxygens (including phenoxy) is 1. The summed E-state index contributed by atoms with van der Waals surface area (Å²) in [5.41, 5.74) is 2.46. The number of anilines is 1. The van der Waals surface area contributed by atoms with E-state index < -0.39 is 5.41 Å². The zero-order valence-corrected chi connectivity index (χ0v) is 17.0. The highest BCUT2D eigenvalue weighted by Crippen LogP contribution is 2.42. The lowest BCUT2D eigenvalue weighted by atomic mass is 9.78. The number of rotatable bonds is 6. The third-order valence-electron chi connectivity index (χ3n) is 5.65. The Labute approximate surface area is 176 Å². The van der Waals surface area contributed by atoms with Crippen molar-refractivity contribution >= 4 is 23.2 Å². The van der Waals surface area contributed by atoms with E-state index in [1.165, 1.54) is 0 Å². The van der Waals surface area contributed by atoms with Gasteiger partial charge in [0, 0.05) is 10.7 Å². The Morgan fingerprint density at radius 1 is 0.897 bits per heavy atom.